The van der Waals surface area contributed by atoms with E-state index in [0.29, 0.717) is 18.8 Å². The van der Waals surface area contributed by atoms with Gasteiger partial charge in [0.1, 0.15) is 5.60 Å². The molecule has 1 aliphatic rings. The maximum atomic E-state index is 12.7. The molecular weight excluding hydrogens is 356 g/mol. The van der Waals surface area contributed by atoms with E-state index in [0.717, 1.165) is 38.5 Å². The fraction of sp³-hybridized carbons (Fsp3) is 0.913. The van der Waals surface area contributed by atoms with Gasteiger partial charge in [0, 0.05) is 6.42 Å². The Morgan fingerprint density at radius 3 is 2.29 bits per heavy atom. The van der Waals surface area contributed by atoms with Crippen molar-refractivity contribution in [3.8, 4) is 0 Å². The molecule has 0 bridgehead atoms. The van der Waals surface area contributed by atoms with Crippen LogP contribution in [0.2, 0.25) is 0 Å². The molecular formula is C23H42O5. The van der Waals surface area contributed by atoms with E-state index in [1.165, 1.54) is 0 Å². The molecule has 1 heterocycles. The number of esters is 2. The van der Waals surface area contributed by atoms with Gasteiger partial charge < -0.3 is 14.6 Å². The molecule has 1 saturated heterocycles. The molecule has 0 spiro atoms. The zero-order chi connectivity index (χ0) is 21.5. The molecule has 1 aliphatic heterocycles. The second-order valence-corrected chi connectivity index (χ2v) is 9.28. The van der Waals surface area contributed by atoms with E-state index in [4.69, 9.17) is 9.47 Å². The fourth-order valence-corrected chi connectivity index (χ4v) is 4.51. The summed E-state index contributed by atoms with van der Waals surface area (Å²) in [4.78, 5) is 25.0. The highest BCUT2D eigenvalue weighted by molar-refractivity contribution is 5.84. The molecule has 1 fully saturated rings. The Morgan fingerprint density at radius 1 is 1.21 bits per heavy atom. The topological polar surface area (TPSA) is 72.8 Å². The molecule has 1 N–H and O–H groups in total. The van der Waals surface area contributed by atoms with E-state index in [9.17, 15) is 14.7 Å². The van der Waals surface area contributed by atoms with Gasteiger partial charge in [-0.25, -0.2) is 4.79 Å². The second-order valence-electron chi connectivity index (χ2n) is 9.28. The van der Waals surface area contributed by atoms with Crippen molar-refractivity contribution >= 4 is 11.9 Å². The molecule has 0 radical (unpaired) electrons. The number of aliphatic hydroxyl groups is 1. The van der Waals surface area contributed by atoms with Crippen molar-refractivity contribution in [1.29, 1.82) is 0 Å². The minimum Gasteiger partial charge on any atom is -0.456 e. The zero-order valence-corrected chi connectivity index (χ0v) is 19.0. The lowest BCUT2D eigenvalue weighted by molar-refractivity contribution is -0.176. The van der Waals surface area contributed by atoms with E-state index in [2.05, 4.69) is 34.6 Å². The Labute approximate surface area is 171 Å². The third-order valence-electron chi connectivity index (χ3n) is 6.66. The highest BCUT2D eigenvalue weighted by Crippen LogP contribution is 2.39. The number of rotatable bonds is 12. The minimum absolute atomic E-state index is 0.242. The average molecular weight is 399 g/mol. The molecule has 5 heteroatoms. The second kappa shape index (κ2) is 10.6. The highest BCUT2D eigenvalue weighted by Gasteiger charge is 2.44. The first-order valence-corrected chi connectivity index (χ1v) is 11.2. The Hall–Kier alpha value is -1.10. The Kier molecular flexibility index (Phi) is 9.45. The quantitative estimate of drug-likeness (QED) is 0.467. The molecule has 0 saturated carbocycles. The van der Waals surface area contributed by atoms with Gasteiger partial charge in [-0.15, -0.1) is 0 Å². The zero-order valence-electron chi connectivity index (χ0n) is 19.0. The first kappa shape index (κ1) is 24.9. The predicted molar refractivity (Wildman–Crippen MR) is 111 cm³/mol. The van der Waals surface area contributed by atoms with Crippen LogP contribution in [-0.2, 0) is 19.1 Å². The van der Waals surface area contributed by atoms with Crippen LogP contribution >= 0.6 is 0 Å². The summed E-state index contributed by atoms with van der Waals surface area (Å²) in [6.07, 6.45) is 4.14. The summed E-state index contributed by atoms with van der Waals surface area (Å²) in [5, 5.41) is 10.8. The molecule has 0 aromatic heterocycles. The van der Waals surface area contributed by atoms with Crippen molar-refractivity contribution in [2.24, 2.45) is 17.3 Å². The van der Waals surface area contributed by atoms with E-state index >= 15 is 0 Å². The van der Waals surface area contributed by atoms with Gasteiger partial charge in [-0.2, -0.15) is 0 Å². The first-order chi connectivity index (χ1) is 13.1. The van der Waals surface area contributed by atoms with Crippen LogP contribution < -0.4 is 0 Å². The Balaban J connectivity index is 2.76. The number of carbonyl (C=O) groups excluding carboxylic acids is 2. The molecule has 0 amide bonds. The van der Waals surface area contributed by atoms with Gasteiger partial charge in [-0.05, 0) is 49.9 Å². The van der Waals surface area contributed by atoms with E-state index < -0.39 is 35.7 Å². The van der Waals surface area contributed by atoms with Crippen molar-refractivity contribution in [1.82, 2.24) is 0 Å². The summed E-state index contributed by atoms with van der Waals surface area (Å²) >= 11 is 0. The van der Waals surface area contributed by atoms with Crippen molar-refractivity contribution in [2.75, 3.05) is 0 Å². The minimum atomic E-state index is -0.850. The van der Waals surface area contributed by atoms with Gasteiger partial charge in [0.2, 0.25) is 0 Å². The lowest BCUT2D eigenvalue weighted by atomic mass is 9.72. The van der Waals surface area contributed by atoms with E-state index in [1.807, 2.05) is 13.8 Å². The summed E-state index contributed by atoms with van der Waals surface area (Å²) in [6, 6.07) is 0. The van der Waals surface area contributed by atoms with Crippen LogP contribution in [0.3, 0.4) is 0 Å². The fourth-order valence-electron chi connectivity index (χ4n) is 4.51. The lowest BCUT2D eigenvalue weighted by Crippen LogP contribution is -2.38. The van der Waals surface area contributed by atoms with Crippen LogP contribution in [0.25, 0.3) is 0 Å². The third kappa shape index (κ3) is 6.20. The molecule has 4 atom stereocenters. The number of hydrogen-bond acceptors (Lipinski definition) is 5. The van der Waals surface area contributed by atoms with Crippen molar-refractivity contribution < 1.29 is 24.2 Å². The largest absolute Gasteiger partial charge is 0.456 e. The standard InChI is InChI=1S/C23H42O5/c1-8-12-23(10-3,11-4)28-21(26)18-13-17(20(25)27-18)14-19(24)22(7,9-2)15-16(5)6/h16-19,24H,8-15H2,1-7H3. The van der Waals surface area contributed by atoms with Gasteiger partial charge in [0.25, 0.3) is 0 Å². The van der Waals surface area contributed by atoms with Crippen LogP contribution in [0.5, 0.6) is 0 Å². The van der Waals surface area contributed by atoms with Gasteiger partial charge in [-0.3, -0.25) is 4.79 Å². The smallest absolute Gasteiger partial charge is 0.348 e. The molecule has 0 aromatic rings. The number of carbonyl (C=O) groups is 2. The molecule has 1 rings (SSSR count). The van der Waals surface area contributed by atoms with Crippen molar-refractivity contribution in [3.05, 3.63) is 0 Å². The van der Waals surface area contributed by atoms with Gasteiger partial charge in [-0.1, -0.05) is 54.9 Å². The molecule has 5 nitrogen and oxygen atoms in total. The number of cyclic esters (lactones) is 1. The van der Waals surface area contributed by atoms with Crippen LogP contribution in [0.15, 0.2) is 0 Å². The number of hydrogen-bond donors (Lipinski definition) is 1. The van der Waals surface area contributed by atoms with E-state index in [-0.39, 0.29) is 5.41 Å². The summed E-state index contributed by atoms with van der Waals surface area (Å²) in [6.45, 7) is 14.5. The van der Waals surface area contributed by atoms with Crippen LogP contribution in [0.1, 0.15) is 99.8 Å². The Morgan fingerprint density at radius 2 is 1.82 bits per heavy atom. The van der Waals surface area contributed by atoms with Gasteiger partial charge in [0.15, 0.2) is 6.10 Å². The molecule has 4 unspecified atom stereocenters. The predicted octanol–water partition coefficient (Wildman–Crippen LogP) is 5.03. The van der Waals surface area contributed by atoms with Crippen LogP contribution in [0, 0.1) is 17.3 Å². The highest BCUT2D eigenvalue weighted by atomic mass is 16.6. The summed E-state index contributed by atoms with van der Waals surface area (Å²) in [7, 11) is 0. The van der Waals surface area contributed by atoms with E-state index in [1.54, 1.807) is 0 Å². The summed E-state index contributed by atoms with van der Waals surface area (Å²) in [5.74, 6) is -0.817. The molecule has 0 aromatic carbocycles. The van der Waals surface area contributed by atoms with Crippen molar-refractivity contribution in [2.45, 2.75) is 118 Å². The average Bonchev–Trinajstić information content (AvgIpc) is 3.01. The maximum absolute atomic E-state index is 12.7. The van der Waals surface area contributed by atoms with Gasteiger partial charge in [0.05, 0.1) is 12.0 Å². The SMILES string of the molecule is CCCC(CC)(CC)OC(=O)C1CC(CC(O)C(C)(CC)CC(C)C)C(=O)O1. The maximum Gasteiger partial charge on any atom is 0.348 e. The Bertz CT molecular complexity index is 511. The monoisotopic (exact) mass is 398 g/mol. The number of aliphatic hydroxyl groups excluding tert-OH is 1. The molecule has 164 valence electrons. The summed E-state index contributed by atoms with van der Waals surface area (Å²) in [5.41, 5.74) is -0.721. The van der Waals surface area contributed by atoms with Crippen LogP contribution in [0.4, 0.5) is 0 Å². The molecule has 0 aliphatic carbocycles. The first-order valence-electron chi connectivity index (χ1n) is 11.2. The third-order valence-corrected chi connectivity index (χ3v) is 6.66. The molecule has 28 heavy (non-hydrogen) atoms. The van der Waals surface area contributed by atoms with Crippen LogP contribution in [-0.4, -0.2) is 34.9 Å². The number of ether oxygens (including phenoxy) is 2. The lowest BCUT2D eigenvalue weighted by Gasteiger charge is -2.36. The van der Waals surface area contributed by atoms with Crippen molar-refractivity contribution in [3.63, 3.8) is 0 Å². The summed E-state index contributed by atoms with van der Waals surface area (Å²) < 4.78 is 11.2. The normalized spacial score (nSPS) is 23.4. The van der Waals surface area contributed by atoms with Gasteiger partial charge >= 0.3 is 11.9 Å².